The van der Waals surface area contributed by atoms with Crippen LogP contribution in [-0.2, 0) is 4.57 Å². The fraction of sp³-hybridized carbons (Fsp3) is 0.0714. The molecule has 0 heterocycles. The Hall–Kier alpha value is -3.56. The minimum Gasteiger partial charge on any atom is -0.508 e. The number of nitrogens with zero attached hydrogens (tertiary/aromatic N) is 3. The largest absolute Gasteiger partial charge is 0.508 e. The standard InChI is InChI=1S/2C6H5NO3.C2H3N.H3O4P/c2*8-6-3-1-5(2-4-6)7(9)10;1-2-3;1-5(2,3)4/h2*1-4,8H;1H3;(H3,1,2,3,4). The molecule has 5 N–H and O–H groups in total. The van der Waals surface area contributed by atoms with E-state index in [1.165, 1.54) is 55.5 Å². The Bertz CT molecular complexity index is 764. The van der Waals surface area contributed by atoms with Gasteiger partial charge in [0.15, 0.2) is 0 Å². The number of nitro benzene ring substituents is 2. The molecule has 0 radical (unpaired) electrons. The highest BCUT2D eigenvalue weighted by Crippen LogP contribution is 2.25. The highest BCUT2D eigenvalue weighted by molar-refractivity contribution is 7.45. The number of hydrogen-bond donors (Lipinski definition) is 5. The van der Waals surface area contributed by atoms with Crippen LogP contribution in [0.25, 0.3) is 0 Å². The molecule has 28 heavy (non-hydrogen) atoms. The molecule has 0 aliphatic carbocycles. The number of phenols is 2. The van der Waals surface area contributed by atoms with E-state index in [1.807, 2.05) is 0 Å². The second-order valence-corrected chi connectivity index (χ2v) is 5.31. The Morgan fingerprint density at radius 2 is 1.00 bits per heavy atom. The van der Waals surface area contributed by atoms with Gasteiger partial charge in [-0.3, -0.25) is 20.2 Å². The molecule has 0 bridgehead atoms. The average Bonchev–Trinajstić information content (AvgIpc) is 2.55. The van der Waals surface area contributed by atoms with Gasteiger partial charge in [-0.05, 0) is 24.3 Å². The van der Waals surface area contributed by atoms with E-state index < -0.39 is 17.7 Å². The van der Waals surface area contributed by atoms with Crippen molar-refractivity contribution in [2.45, 2.75) is 6.92 Å². The predicted octanol–water partition coefficient (Wildman–Crippen LogP) is 2.20. The molecule has 0 atom stereocenters. The lowest BCUT2D eigenvalue weighted by atomic mass is 10.3. The Kier molecular flexibility index (Phi) is 13.0. The monoisotopic (exact) mass is 417 g/mol. The van der Waals surface area contributed by atoms with Crippen LogP contribution in [0.4, 0.5) is 11.4 Å². The Morgan fingerprint density at radius 1 is 0.821 bits per heavy atom. The lowest BCUT2D eigenvalue weighted by Gasteiger charge is -1.89. The summed E-state index contributed by atoms with van der Waals surface area (Å²) in [5.41, 5.74) is -0.0319. The normalized spacial score (nSPS) is 8.96. The van der Waals surface area contributed by atoms with Crippen molar-refractivity contribution in [3.8, 4) is 17.6 Å². The number of hydrogen-bond acceptors (Lipinski definition) is 8. The van der Waals surface area contributed by atoms with Gasteiger partial charge in [-0.1, -0.05) is 0 Å². The van der Waals surface area contributed by atoms with E-state index in [4.69, 9.17) is 34.7 Å². The van der Waals surface area contributed by atoms with E-state index in [0.717, 1.165) is 0 Å². The molecule has 152 valence electrons. The van der Waals surface area contributed by atoms with Crippen molar-refractivity contribution in [3.05, 3.63) is 68.8 Å². The van der Waals surface area contributed by atoms with E-state index in [9.17, 15) is 20.2 Å². The summed E-state index contributed by atoms with van der Waals surface area (Å²) in [5.74, 6) is 0.0659. The van der Waals surface area contributed by atoms with Crippen molar-refractivity contribution in [1.29, 1.82) is 5.26 Å². The molecule has 0 aliphatic heterocycles. The van der Waals surface area contributed by atoms with E-state index >= 15 is 0 Å². The fourth-order valence-electron chi connectivity index (χ4n) is 1.15. The highest BCUT2D eigenvalue weighted by atomic mass is 31.2. The van der Waals surface area contributed by atoms with Crippen molar-refractivity contribution in [2.75, 3.05) is 0 Å². The maximum Gasteiger partial charge on any atom is 0.466 e. The maximum absolute atomic E-state index is 10.0. The number of aromatic hydroxyl groups is 2. The molecule has 2 aromatic rings. The van der Waals surface area contributed by atoms with Gasteiger partial charge in [-0.2, -0.15) is 5.26 Å². The zero-order valence-corrected chi connectivity index (χ0v) is 15.1. The second kappa shape index (κ2) is 13.6. The number of phosphoric acid groups is 1. The summed E-state index contributed by atoms with van der Waals surface area (Å²) in [6, 6.07) is 11.8. The Balaban J connectivity index is 0. The van der Waals surface area contributed by atoms with Crippen LogP contribution in [0.15, 0.2) is 48.5 Å². The highest BCUT2D eigenvalue weighted by Gasteiger charge is 2.02. The van der Waals surface area contributed by atoms with Crippen molar-refractivity contribution < 1.29 is 39.3 Å². The summed E-state index contributed by atoms with van der Waals surface area (Å²) < 4.78 is 8.88. The molecule has 0 aliphatic rings. The van der Waals surface area contributed by atoms with Gasteiger partial charge in [0, 0.05) is 31.2 Å². The molecule has 2 aromatic carbocycles. The summed E-state index contributed by atoms with van der Waals surface area (Å²) in [4.78, 5) is 40.6. The molecule has 14 heteroatoms. The zero-order chi connectivity index (χ0) is 22.3. The number of non-ortho nitro benzene ring substituents is 2. The van der Waals surface area contributed by atoms with Crippen LogP contribution in [0.5, 0.6) is 11.5 Å². The third-order valence-corrected chi connectivity index (χ3v) is 2.12. The van der Waals surface area contributed by atoms with Crippen LogP contribution in [0.3, 0.4) is 0 Å². The van der Waals surface area contributed by atoms with Crippen molar-refractivity contribution in [2.24, 2.45) is 0 Å². The average molecular weight is 417 g/mol. The number of phenolic OH excluding ortho intramolecular Hbond substituents is 2. The molecule has 2 rings (SSSR count). The quantitative estimate of drug-likeness (QED) is 0.270. The first kappa shape index (κ1) is 26.7. The fourth-order valence-corrected chi connectivity index (χ4v) is 1.15. The van der Waals surface area contributed by atoms with E-state index in [1.54, 1.807) is 6.07 Å². The number of benzene rings is 2. The topological polar surface area (TPSA) is 228 Å². The Labute approximate surface area is 157 Å². The molecule has 0 unspecified atom stereocenters. The molecule has 0 saturated heterocycles. The van der Waals surface area contributed by atoms with Gasteiger partial charge in [-0.15, -0.1) is 0 Å². The summed E-state index contributed by atoms with van der Waals surface area (Å²) in [6.07, 6.45) is 0. The first-order valence-electron chi connectivity index (χ1n) is 6.77. The molecule has 0 aromatic heterocycles. The van der Waals surface area contributed by atoms with Crippen LogP contribution < -0.4 is 0 Å². The molecular weight excluding hydrogens is 401 g/mol. The van der Waals surface area contributed by atoms with E-state index in [-0.39, 0.29) is 22.9 Å². The van der Waals surface area contributed by atoms with Crippen LogP contribution in [0, 0.1) is 31.6 Å². The van der Waals surface area contributed by atoms with Gasteiger partial charge < -0.3 is 24.9 Å². The number of rotatable bonds is 2. The second-order valence-electron chi connectivity index (χ2n) is 4.28. The van der Waals surface area contributed by atoms with Gasteiger partial charge in [0.25, 0.3) is 11.4 Å². The summed E-state index contributed by atoms with van der Waals surface area (Å²) in [6.45, 7) is 1.43. The third kappa shape index (κ3) is 17.3. The summed E-state index contributed by atoms with van der Waals surface area (Å²) in [5, 5.41) is 44.8. The molecule has 0 saturated carbocycles. The van der Waals surface area contributed by atoms with Crippen LogP contribution >= 0.6 is 7.82 Å². The van der Waals surface area contributed by atoms with E-state index in [2.05, 4.69) is 0 Å². The van der Waals surface area contributed by atoms with E-state index in [0.29, 0.717) is 0 Å². The number of nitro groups is 2. The van der Waals surface area contributed by atoms with Crippen molar-refractivity contribution in [1.82, 2.24) is 0 Å². The Morgan fingerprint density at radius 3 is 1.14 bits per heavy atom. The summed E-state index contributed by atoms with van der Waals surface area (Å²) in [7, 11) is -4.64. The van der Waals surface area contributed by atoms with Gasteiger partial charge in [0.05, 0.1) is 15.9 Å². The van der Waals surface area contributed by atoms with Gasteiger partial charge >= 0.3 is 7.82 Å². The molecule has 0 amide bonds. The smallest absolute Gasteiger partial charge is 0.466 e. The first-order valence-corrected chi connectivity index (χ1v) is 8.34. The first-order chi connectivity index (χ1) is 12.8. The molecule has 13 nitrogen and oxygen atoms in total. The maximum atomic E-state index is 10.0. The SMILES string of the molecule is CC#N.O=P(O)(O)O.O=[N+]([O-])c1ccc(O)cc1.O=[N+]([O-])c1ccc(O)cc1. The van der Waals surface area contributed by atoms with Gasteiger partial charge in [0.1, 0.15) is 11.5 Å². The van der Waals surface area contributed by atoms with Crippen LogP contribution in [0.1, 0.15) is 6.92 Å². The molecular formula is C14H16N3O10P. The van der Waals surface area contributed by atoms with Crippen molar-refractivity contribution >= 4 is 19.2 Å². The zero-order valence-electron chi connectivity index (χ0n) is 14.2. The van der Waals surface area contributed by atoms with Gasteiger partial charge in [0.2, 0.25) is 0 Å². The number of nitriles is 1. The summed E-state index contributed by atoms with van der Waals surface area (Å²) >= 11 is 0. The van der Waals surface area contributed by atoms with Gasteiger partial charge in [-0.25, -0.2) is 4.57 Å². The molecule has 0 spiro atoms. The third-order valence-electron chi connectivity index (χ3n) is 2.12. The minimum atomic E-state index is -4.64. The minimum absolute atomic E-state index is 0.0159. The molecule has 0 fully saturated rings. The van der Waals surface area contributed by atoms with Crippen LogP contribution in [0.2, 0.25) is 0 Å². The van der Waals surface area contributed by atoms with Crippen molar-refractivity contribution in [3.63, 3.8) is 0 Å². The predicted molar refractivity (Wildman–Crippen MR) is 95.1 cm³/mol. The lowest BCUT2D eigenvalue weighted by molar-refractivity contribution is -0.385. The van der Waals surface area contributed by atoms with Crippen LogP contribution in [-0.4, -0.2) is 34.7 Å². The lowest BCUT2D eigenvalue weighted by Crippen LogP contribution is -1.85.